The van der Waals surface area contributed by atoms with Gasteiger partial charge in [0.15, 0.2) is 0 Å². The van der Waals surface area contributed by atoms with Crippen LogP contribution in [0.5, 0.6) is 0 Å². The molecule has 1 rings (SSSR count). The van der Waals surface area contributed by atoms with Crippen molar-refractivity contribution in [3.8, 4) is 0 Å². The summed E-state index contributed by atoms with van der Waals surface area (Å²) >= 11 is 0. The number of carboxylic acid groups (broad SMARTS) is 1. The number of aliphatic carboxylic acids is 1. The Morgan fingerprint density at radius 3 is 2.86 bits per heavy atom. The Balaban J connectivity index is 2.63. The average molecular weight is 199 g/mol. The largest absolute Gasteiger partial charge is 0.550 e. The maximum absolute atomic E-state index is 10.7. The molecule has 1 aliphatic rings. The van der Waals surface area contributed by atoms with Crippen molar-refractivity contribution in [3.05, 3.63) is 0 Å². The minimum Gasteiger partial charge on any atom is -0.550 e. The normalized spacial score (nSPS) is 31.9. The van der Waals surface area contributed by atoms with Gasteiger partial charge >= 0.3 is 0 Å². The molecule has 6 nitrogen and oxygen atoms in total. The molecule has 78 valence electrons. The fourth-order valence-corrected chi connectivity index (χ4v) is 1.82. The van der Waals surface area contributed by atoms with Gasteiger partial charge in [-0.1, -0.05) is 0 Å². The predicted molar refractivity (Wildman–Crippen MR) is 44.2 cm³/mol. The van der Waals surface area contributed by atoms with Gasteiger partial charge in [0, 0.05) is 25.4 Å². The molecule has 0 unspecified atom stereocenters. The predicted octanol–water partition coefficient (Wildman–Crippen LogP) is -0.530. The highest BCUT2D eigenvalue weighted by atomic mass is 16.5. The number of hydrogen-bond acceptors (Lipinski definition) is 5. The molecule has 1 aliphatic carbocycles. The van der Waals surface area contributed by atoms with Crippen LogP contribution in [0, 0.1) is 11.4 Å². The molecule has 3 atom stereocenters. The molecule has 0 aromatic rings. The lowest BCUT2D eigenvalue weighted by atomic mass is 9.84. The van der Waals surface area contributed by atoms with Gasteiger partial charge in [0.2, 0.25) is 4.91 Å². The molecule has 1 saturated carbocycles. The first-order valence-corrected chi connectivity index (χ1v) is 4.49. The molecule has 0 spiro atoms. The summed E-state index contributed by atoms with van der Waals surface area (Å²) in [4.78, 5) is 13.7. The van der Waals surface area contributed by atoms with Crippen molar-refractivity contribution in [2.75, 3.05) is 7.11 Å². The first kappa shape index (κ1) is 10.8. The summed E-state index contributed by atoms with van der Waals surface area (Å²) in [5, 5.41) is 14.4. The second kappa shape index (κ2) is 4.83. The van der Waals surface area contributed by atoms with Gasteiger partial charge in [-0.05, 0) is 12.8 Å². The van der Waals surface area contributed by atoms with E-state index in [9.17, 15) is 9.90 Å². The van der Waals surface area contributed by atoms with Crippen LogP contribution >= 0.6 is 0 Å². The third kappa shape index (κ3) is 2.37. The number of nitrogens with zero attached hydrogens (tertiary/aromatic N) is 2. The lowest BCUT2D eigenvalue weighted by molar-refractivity contribution is -0.315. The second-order valence-electron chi connectivity index (χ2n) is 3.38. The van der Waals surface area contributed by atoms with Crippen molar-refractivity contribution in [1.82, 2.24) is 4.91 Å². The topological polar surface area (TPSA) is 99.7 Å². The van der Waals surface area contributed by atoms with Crippen LogP contribution in [0.25, 0.3) is 0 Å². The number of nitrogens with one attached hydrogen (secondary N) is 1. The zero-order valence-corrected chi connectivity index (χ0v) is 7.97. The number of methoxy groups -OCH3 is 1. The number of ether oxygens (including phenoxy) is 1. The number of carbonyl (C=O) groups excluding carboxylic acids is 1. The van der Waals surface area contributed by atoms with Gasteiger partial charge in [0.05, 0.1) is 6.10 Å². The van der Waals surface area contributed by atoms with Crippen LogP contribution in [-0.2, 0) is 9.53 Å². The molecule has 14 heavy (non-hydrogen) atoms. The fourth-order valence-electron chi connectivity index (χ4n) is 1.82. The van der Waals surface area contributed by atoms with Crippen LogP contribution in [0.15, 0.2) is 5.11 Å². The van der Waals surface area contributed by atoms with Gasteiger partial charge in [-0.3, -0.25) is 0 Å². The maximum atomic E-state index is 10.7. The minimum absolute atomic E-state index is 0.0898. The quantitative estimate of drug-likeness (QED) is 0.488. The summed E-state index contributed by atoms with van der Waals surface area (Å²) in [6, 6.07) is -0.0898. The third-order valence-electron chi connectivity index (χ3n) is 2.59. The van der Waals surface area contributed by atoms with Crippen LogP contribution in [-0.4, -0.2) is 25.2 Å². The first-order valence-electron chi connectivity index (χ1n) is 4.49. The van der Waals surface area contributed by atoms with Gasteiger partial charge in [-0.25, -0.2) is 0 Å². The van der Waals surface area contributed by atoms with E-state index in [-0.39, 0.29) is 12.1 Å². The Morgan fingerprint density at radius 2 is 2.36 bits per heavy atom. The Bertz CT molecular complexity index is 263. The first-order chi connectivity index (χ1) is 6.69. The molecule has 0 heterocycles. The van der Waals surface area contributed by atoms with E-state index in [0.717, 1.165) is 0 Å². The molecular formula is C8H13N3O3. The van der Waals surface area contributed by atoms with Crippen molar-refractivity contribution in [2.24, 2.45) is 11.0 Å². The molecule has 0 bridgehead atoms. The Labute approximate surface area is 81.5 Å². The highest BCUT2D eigenvalue weighted by molar-refractivity contribution is 5.68. The van der Waals surface area contributed by atoms with Crippen molar-refractivity contribution in [3.63, 3.8) is 0 Å². The standard InChI is InChI=1S/C8H13N3O3/c1-14-7-4-5(10-11-9)2-3-6(7)8(12)13/h5-7,9H,2-4H2,1H3/t5-,6-,7-/m0/s1. The summed E-state index contributed by atoms with van der Waals surface area (Å²) in [7, 11) is 1.47. The molecule has 0 aromatic carbocycles. The summed E-state index contributed by atoms with van der Waals surface area (Å²) in [5.74, 6) is -1.63. The fraction of sp³-hybridized carbons (Fsp3) is 0.875. The van der Waals surface area contributed by atoms with Gasteiger partial charge in [-0.2, -0.15) is 0 Å². The van der Waals surface area contributed by atoms with Gasteiger partial charge in [-0.15, -0.1) is 0 Å². The molecule has 1 fully saturated rings. The molecule has 0 aromatic heterocycles. The molecule has 0 amide bonds. The van der Waals surface area contributed by atoms with E-state index in [1.54, 1.807) is 0 Å². The molecule has 0 radical (unpaired) electrons. The van der Waals surface area contributed by atoms with E-state index in [0.29, 0.717) is 19.3 Å². The zero-order chi connectivity index (χ0) is 10.6. The zero-order valence-electron chi connectivity index (χ0n) is 7.97. The Morgan fingerprint density at radius 1 is 1.64 bits per heavy atom. The Hall–Kier alpha value is -1.26. The Kier molecular flexibility index (Phi) is 3.73. The van der Waals surface area contributed by atoms with Gasteiger partial charge in [0.25, 0.3) is 0 Å². The summed E-state index contributed by atoms with van der Waals surface area (Å²) in [6.07, 6.45) is 1.23. The number of rotatable bonds is 3. The molecule has 0 saturated heterocycles. The maximum Gasteiger partial charge on any atom is 0.214 e. The molecule has 1 N–H and O–H groups in total. The molecule has 6 heteroatoms. The van der Waals surface area contributed by atoms with E-state index in [2.05, 4.69) is 10.0 Å². The number of carbonyl (C=O) groups is 1. The van der Waals surface area contributed by atoms with Crippen LogP contribution in [0.2, 0.25) is 0 Å². The number of hydrogen-bond donors (Lipinski definition) is 1. The van der Waals surface area contributed by atoms with E-state index in [1.165, 1.54) is 7.11 Å². The van der Waals surface area contributed by atoms with Gasteiger partial charge < -0.3 is 14.6 Å². The van der Waals surface area contributed by atoms with Crippen LogP contribution in [0.4, 0.5) is 0 Å². The van der Waals surface area contributed by atoms with Gasteiger partial charge in [0.1, 0.15) is 16.7 Å². The van der Waals surface area contributed by atoms with Crippen LogP contribution < -0.4 is 10.0 Å². The van der Waals surface area contributed by atoms with Crippen LogP contribution in [0.3, 0.4) is 0 Å². The summed E-state index contributed by atoms with van der Waals surface area (Å²) in [6.45, 7) is 0. The second-order valence-corrected chi connectivity index (χ2v) is 3.38. The lowest BCUT2D eigenvalue weighted by Crippen LogP contribution is -2.43. The van der Waals surface area contributed by atoms with E-state index in [4.69, 9.17) is 10.3 Å². The number of carboxylic acids is 1. The van der Waals surface area contributed by atoms with Crippen molar-refractivity contribution >= 4 is 5.97 Å². The summed E-state index contributed by atoms with van der Waals surface area (Å²) in [5.41, 5.74) is 6.59. The third-order valence-corrected chi connectivity index (χ3v) is 2.59. The minimum atomic E-state index is -1.07. The monoisotopic (exact) mass is 199 g/mol. The van der Waals surface area contributed by atoms with E-state index >= 15 is 0 Å². The highest BCUT2D eigenvalue weighted by Crippen LogP contribution is 2.27. The SMILES string of the molecule is CO[C@H]1C[C@@H](N=[N+]=N)CC[C@@H]1C(=O)[O-]. The van der Waals surface area contributed by atoms with Crippen molar-refractivity contribution in [1.29, 1.82) is 5.53 Å². The smallest absolute Gasteiger partial charge is 0.214 e. The highest BCUT2D eigenvalue weighted by Gasteiger charge is 2.33. The van der Waals surface area contributed by atoms with Crippen LogP contribution in [0.1, 0.15) is 19.3 Å². The summed E-state index contributed by atoms with van der Waals surface area (Å²) < 4.78 is 5.06. The average Bonchev–Trinajstić information content (AvgIpc) is 2.17. The van der Waals surface area contributed by atoms with Crippen molar-refractivity contribution in [2.45, 2.75) is 31.4 Å². The lowest BCUT2D eigenvalue weighted by Gasteiger charge is -2.32. The van der Waals surface area contributed by atoms with E-state index in [1.807, 2.05) is 0 Å². The van der Waals surface area contributed by atoms with E-state index < -0.39 is 11.9 Å². The molecule has 0 aliphatic heterocycles. The van der Waals surface area contributed by atoms with Crippen molar-refractivity contribution < 1.29 is 14.6 Å². The molecular weight excluding hydrogens is 186 g/mol.